The van der Waals surface area contributed by atoms with Gasteiger partial charge in [0.15, 0.2) is 0 Å². The molecule has 2 aromatic heterocycles. The van der Waals surface area contributed by atoms with Crippen LogP contribution in [0.5, 0.6) is 0 Å². The van der Waals surface area contributed by atoms with Crippen molar-refractivity contribution in [2.45, 2.75) is 32.2 Å². The van der Waals surface area contributed by atoms with Crippen LogP contribution in [0.15, 0.2) is 54.9 Å². The molecule has 0 saturated carbocycles. The van der Waals surface area contributed by atoms with E-state index in [2.05, 4.69) is 21.4 Å². The summed E-state index contributed by atoms with van der Waals surface area (Å²) >= 11 is 0. The van der Waals surface area contributed by atoms with E-state index in [0.29, 0.717) is 25.9 Å². The molecule has 1 aliphatic rings. The average Bonchev–Trinajstić information content (AvgIpc) is 3.20. The number of hydrogen-bond acceptors (Lipinski definition) is 3. The molecule has 1 aliphatic heterocycles. The number of nitrogens with zero attached hydrogens (tertiary/aromatic N) is 2. The molecule has 3 heterocycles. The number of pyridine rings is 1. The third kappa shape index (κ3) is 4.65. The Morgan fingerprint density at radius 2 is 2.03 bits per heavy atom. The van der Waals surface area contributed by atoms with Crippen molar-refractivity contribution in [3.05, 3.63) is 66.1 Å². The number of para-hydroxylation sites is 1. The summed E-state index contributed by atoms with van der Waals surface area (Å²) in [5.74, 6) is -0.0215. The minimum absolute atomic E-state index is 0.00443. The summed E-state index contributed by atoms with van der Waals surface area (Å²) < 4.78 is 0. The van der Waals surface area contributed by atoms with E-state index < -0.39 is 0 Å². The number of aromatic amines is 1. The minimum atomic E-state index is -0.149. The number of likely N-dealkylation sites (tertiary alicyclic amines) is 1. The van der Waals surface area contributed by atoms with Gasteiger partial charge < -0.3 is 15.2 Å². The van der Waals surface area contributed by atoms with Crippen LogP contribution in [0.25, 0.3) is 10.9 Å². The van der Waals surface area contributed by atoms with Crippen molar-refractivity contribution in [1.29, 1.82) is 0 Å². The number of amides is 2. The monoisotopic (exact) mass is 390 g/mol. The Hall–Kier alpha value is -3.15. The summed E-state index contributed by atoms with van der Waals surface area (Å²) in [5.41, 5.74) is 3.09. The molecule has 1 saturated heterocycles. The van der Waals surface area contributed by atoms with E-state index >= 15 is 0 Å². The standard InChI is InChI=1S/C23H26N4O2/c28-22(11-10-17-14-25-21-9-2-1-8-20(17)21)27-13-5-6-18(16-27)23(29)26-15-19-7-3-4-12-24-19/h1-4,7-9,12,14,18,25H,5-6,10-11,13,15-16H2,(H,26,29)/t18-/m1/s1. The van der Waals surface area contributed by atoms with Crippen molar-refractivity contribution in [2.24, 2.45) is 5.92 Å². The summed E-state index contributed by atoms with van der Waals surface area (Å²) in [7, 11) is 0. The van der Waals surface area contributed by atoms with Gasteiger partial charge in [0.05, 0.1) is 18.2 Å². The molecule has 0 radical (unpaired) electrons. The lowest BCUT2D eigenvalue weighted by Crippen LogP contribution is -2.45. The SMILES string of the molecule is O=C(NCc1ccccn1)[C@@H]1CCCN(C(=O)CCc2c[nH]c3ccccc23)C1. The zero-order valence-corrected chi connectivity index (χ0v) is 16.4. The second-order valence-electron chi connectivity index (χ2n) is 7.58. The second kappa shape index (κ2) is 8.90. The van der Waals surface area contributed by atoms with Gasteiger partial charge in [-0.1, -0.05) is 24.3 Å². The molecule has 1 atom stereocenters. The largest absolute Gasteiger partial charge is 0.361 e. The van der Waals surface area contributed by atoms with E-state index in [1.807, 2.05) is 47.5 Å². The van der Waals surface area contributed by atoms with E-state index in [9.17, 15) is 9.59 Å². The van der Waals surface area contributed by atoms with Gasteiger partial charge in [0, 0.05) is 42.8 Å². The smallest absolute Gasteiger partial charge is 0.225 e. The number of nitrogens with one attached hydrogen (secondary N) is 2. The fourth-order valence-electron chi connectivity index (χ4n) is 3.98. The molecule has 0 bridgehead atoms. The number of fused-ring (bicyclic) bond motifs is 1. The van der Waals surface area contributed by atoms with Crippen LogP contribution in [0, 0.1) is 5.92 Å². The number of H-pyrrole nitrogens is 1. The maximum Gasteiger partial charge on any atom is 0.225 e. The molecule has 0 aliphatic carbocycles. The highest BCUT2D eigenvalue weighted by molar-refractivity contribution is 5.84. The van der Waals surface area contributed by atoms with Crippen molar-refractivity contribution in [2.75, 3.05) is 13.1 Å². The number of benzene rings is 1. The average molecular weight is 390 g/mol. The van der Waals surface area contributed by atoms with Crippen LogP contribution in [-0.2, 0) is 22.6 Å². The molecular weight excluding hydrogens is 364 g/mol. The normalized spacial score (nSPS) is 16.7. The van der Waals surface area contributed by atoms with Crippen LogP contribution in [0.1, 0.15) is 30.5 Å². The van der Waals surface area contributed by atoms with Gasteiger partial charge in [-0.2, -0.15) is 0 Å². The highest BCUT2D eigenvalue weighted by atomic mass is 16.2. The zero-order chi connectivity index (χ0) is 20.1. The lowest BCUT2D eigenvalue weighted by Gasteiger charge is -2.32. The highest BCUT2D eigenvalue weighted by Gasteiger charge is 2.28. The Kier molecular flexibility index (Phi) is 5.89. The van der Waals surface area contributed by atoms with Crippen LogP contribution in [0.2, 0.25) is 0 Å². The molecule has 6 heteroatoms. The van der Waals surface area contributed by atoms with E-state index in [1.54, 1.807) is 6.20 Å². The minimum Gasteiger partial charge on any atom is -0.361 e. The molecule has 3 aromatic rings. The van der Waals surface area contributed by atoms with Crippen molar-refractivity contribution in [3.8, 4) is 0 Å². The van der Waals surface area contributed by atoms with E-state index in [-0.39, 0.29) is 17.7 Å². The Balaban J connectivity index is 1.29. The quantitative estimate of drug-likeness (QED) is 0.679. The number of piperidine rings is 1. The first-order chi connectivity index (χ1) is 14.2. The van der Waals surface area contributed by atoms with Gasteiger partial charge in [0.1, 0.15) is 0 Å². The predicted octanol–water partition coefficient (Wildman–Crippen LogP) is 3.05. The van der Waals surface area contributed by atoms with E-state index in [0.717, 1.165) is 36.2 Å². The van der Waals surface area contributed by atoms with Gasteiger partial charge in [-0.05, 0) is 43.0 Å². The lowest BCUT2D eigenvalue weighted by atomic mass is 9.96. The lowest BCUT2D eigenvalue weighted by molar-refractivity contribution is -0.135. The number of carbonyl (C=O) groups excluding carboxylic acids is 2. The molecule has 4 rings (SSSR count). The van der Waals surface area contributed by atoms with Crippen LogP contribution in [0.4, 0.5) is 0 Å². The molecule has 150 valence electrons. The zero-order valence-electron chi connectivity index (χ0n) is 16.4. The first kappa shape index (κ1) is 19.2. The number of carbonyl (C=O) groups is 2. The highest BCUT2D eigenvalue weighted by Crippen LogP contribution is 2.21. The summed E-state index contributed by atoms with van der Waals surface area (Å²) in [6, 6.07) is 13.8. The first-order valence-electron chi connectivity index (χ1n) is 10.2. The number of hydrogen-bond donors (Lipinski definition) is 2. The Bertz CT molecular complexity index is 983. The van der Waals surface area contributed by atoms with Gasteiger partial charge in [0.2, 0.25) is 11.8 Å². The van der Waals surface area contributed by atoms with Crippen LogP contribution < -0.4 is 5.32 Å². The summed E-state index contributed by atoms with van der Waals surface area (Å²) in [6.07, 6.45) is 6.55. The molecule has 0 spiro atoms. The summed E-state index contributed by atoms with van der Waals surface area (Å²) in [6.45, 7) is 1.65. The molecule has 0 unspecified atom stereocenters. The molecule has 2 N–H and O–H groups in total. The Morgan fingerprint density at radius 1 is 1.17 bits per heavy atom. The van der Waals surface area contributed by atoms with Crippen LogP contribution >= 0.6 is 0 Å². The first-order valence-corrected chi connectivity index (χ1v) is 10.2. The third-order valence-electron chi connectivity index (χ3n) is 5.60. The summed E-state index contributed by atoms with van der Waals surface area (Å²) in [5, 5.41) is 4.13. The van der Waals surface area contributed by atoms with E-state index in [4.69, 9.17) is 0 Å². The molecule has 1 fully saturated rings. The number of aromatic nitrogens is 2. The van der Waals surface area contributed by atoms with Crippen molar-refractivity contribution < 1.29 is 9.59 Å². The second-order valence-corrected chi connectivity index (χ2v) is 7.58. The maximum absolute atomic E-state index is 12.8. The van der Waals surface area contributed by atoms with Gasteiger partial charge in [-0.3, -0.25) is 14.6 Å². The topological polar surface area (TPSA) is 78.1 Å². The maximum atomic E-state index is 12.8. The molecule has 1 aromatic carbocycles. The van der Waals surface area contributed by atoms with Crippen molar-refractivity contribution in [1.82, 2.24) is 20.2 Å². The van der Waals surface area contributed by atoms with Gasteiger partial charge >= 0.3 is 0 Å². The molecule has 29 heavy (non-hydrogen) atoms. The molecule has 2 amide bonds. The summed E-state index contributed by atoms with van der Waals surface area (Å²) in [4.78, 5) is 34.6. The third-order valence-corrected chi connectivity index (χ3v) is 5.60. The fourth-order valence-corrected chi connectivity index (χ4v) is 3.98. The Morgan fingerprint density at radius 3 is 2.90 bits per heavy atom. The molecule has 6 nitrogen and oxygen atoms in total. The van der Waals surface area contributed by atoms with Crippen LogP contribution in [0.3, 0.4) is 0 Å². The Labute approximate surface area is 170 Å². The number of aryl methyl sites for hydroxylation is 1. The van der Waals surface area contributed by atoms with Crippen molar-refractivity contribution in [3.63, 3.8) is 0 Å². The van der Waals surface area contributed by atoms with Crippen molar-refractivity contribution >= 4 is 22.7 Å². The van der Waals surface area contributed by atoms with Gasteiger partial charge in [-0.15, -0.1) is 0 Å². The fraction of sp³-hybridized carbons (Fsp3) is 0.348. The number of rotatable bonds is 6. The van der Waals surface area contributed by atoms with Crippen LogP contribution in [-0.4, -0.2) is 39.8 Å². The van der Waals surface area contributed by atoms with E-state index in [1.165, 1.54) is 5.39 Å². The van der Waals surface area contributed by atoms with Gasteiger partial charge in [-0.25, -0.2) is 0 Å². The molecular formula is C23H26N4O2. The predicted molar refractivity (Wildman–Crippen MR) is 112 cm³/mol. The van der Waals surface area contributed by atoms with Gasteiger partial charge in [0.25, 0.3) is 0 Å².